The lowest BCUT2D eigenvalue weighted by Crippen LogP contribution is -2.40. The van der Waals surface area contributed by atoms with Crippen LogP contribution in [0.25, 0.3) is 0 Å². The fourth-order valence-corrected chi connectivity index (χ4v) is 3.68. The summed E-state index contributed by atoms with van der Waals surface area (Å²) in [4.78, 5) is 2.80. The van der Waals surface area contributed by atoms with E-state index in [2.05, 4.69) is 9.62 Å². The highest BCUT2D eigenvalue weighted by Crippen LogP contribution is 2.13. The van der Waals surface area contributed by atoms with E-state index in [-0.39, 0.29) is 15.9 Å². The van der Waals surface area contributed by atoms with Gasteiger partial charge in [0.1, 0.15) is 4.99 Å². The molecule has 1 aliphatic heterocycles. The Balaban J connectivity index is 1.99. The van der Waals surface area contributed by atoms with Gasteiger partial charge in [0.25, 0.3) is 0 Å². The first-order chi connectivity index (χ1) is 9.90. The van der Waals surface area contributed by atoms with Crippen LogP contribution in [0.15, 0.2) is 29.2 Å². The van der Waals surface area contributed by atoms with E-state index in [1.165, 1.54) is 25.0 Å². The first kappa shape index (κ1) is 16.4. The molecule has 1 fully saturated rings. The minimum atomic E-state index is -3.49. The fraction of sp³-hybridized carbons (Fsp3) is 0.500. The second-order valence-corrected chi connectivity index (χ2v) is 7.54. The van der Waals surface area contributed by atoms with Gasteiger partial charge >= 0.3 is 0 Å². The molecule has 1 aliphatic rings. The number of likely N-dealkylation sites (tertiary alicyclic amines) is 1. The van der Waals surface area contributed by atoms with Gasteiger partial charge in [0.2, 0.25) is 10.0 Å². The van der Waals surface area contributed by atoms with Crippen LogP contribution in [0.2, 0.25) is 0 Å². The highest BCUT2D eigenvalue weighted by Gasteiger charge is 2.21. The van der Waals surface area contributed by atoms with Crippen molar-refractivity contribution in [2.75, 3.05) is 19.6 Å². The molecule has 7 heteroatoms. The average molecular weight is 327 g/mol. The molecule has 2 rings (SSSR count). The summed E-state index contributed by atoms with van der Waals surface area (Å²) in [6.07, 6.45) is 2.38. The molecule has 0 aliphatic carbocycles. The summed E-state index contributed by atoms with van der Waals surface area (Å²) in [5, 5.41) is 0. The largest absolute Gasteiger partial charge is 0.389 e. The van der Waals surface area contributed by atoms with Gasteiger partial charge in [0.05, 0.1) is 4.90 Å². The van der Waals surface area contributed by atoms with Crippen molar-refractivity contribution in [1.29, 1.82) is 0 Å². The molecule has 1 saturated heterocycles. The Bertz CT molecular complexity index is 593. The maximum absolute atomic E-state index is 12.2. The topological polar surface area (TPSA) is 75.4 Å². The molecule has 0 radical (unpaired) electrons. The van der Waals surface area contributed by atoms with E-state index >= 15 is 0 Å². The van der Waals surface area contributed by atoms with Gasteiger partial charge in [-0.05, 0) is 45.0 Å². The zero-order valence-corrected chi connectivity index (χ0v) is 13.7. The van der Waals surface area contributed by atoms with Crippen LogP contribution in [0.1, 0.15) is 25.3 Å². The van der Waals surface area contributed by atoms with E-state index in [0.29, 0.717) is 12.1 Å². The highest BCUT2D eigenvalue weighted by atomic mass is 32.2. The van der Waals surface area contributed by atoms with Gasteiger partial charge in [-0.25, -0.2) is 13.1 Å². The quantitative estimate of drug-likeness (QED) is 0.765. The summed E-state index contributed by atoms with van der Waals surface area (Å²) in [6, 6.07) is 6.51. The van der Waals surface area contributed by atoms with E-state index in [9.17, 15) is 8.42 Å². The van der Waals surface area contributed by atoms with Crippen molar-refractivity contribution < 1.29 is 8.42 Å². The molecule has 0 aromatic heterocycles. The Morgan fingerprint density at radius 3 is 2.43 bits per heavy atom. The Morgan fingerprint density at radius 1 is 1.33 bits per heavy atom. The molecular formula is C14H21N3O2S2. The van der Waals surface area contributed by atoms with Crippen molar-refractivity contribution in [1.82, 2.24) is 9.62 Å². The number of hydrogen-bond acceptors (Lipinski definition) is 4. The van der Waals surface area contributed by atoms with E-state index in [1.807, 2.05) is 6.92 Å². The van der Waals surface area contributed by atoms with Gasteiger partial charge in [-0.2, -0.15) is 0 Å². The molecule has 1 atom stereocenters. The number of sulfonamides is 1. The lowest BCUT2D eigenvalue weighted by atomic mass is 10.2. The minimum absolute atomic E-state index is 0.207. The second-order valence-electron chi connectivity index (χ2n) is 5.33. The zero-order chi connectivity index (χ0) is 15.5. The van der Waals surface area contributed by atoms with Gasteiger partial charge in [0.15, 0.2) is 0 Å². The van der Waals surface area contributed by atoms with Crippen LogP contribution in [0.4, 0.5) is 0 Å². The number of nitrogens with zero attached hydrogens (tertiary/aromatic N) is 1. The normalized spacial score (nSPS) is 17.8. The summed E-state index contributed by atoms with van der Waals surface area (Å²) in [7, 11) is -3.49. The number of nitrogens with one attached hydrogen (secondary N) is 1. The molecule has 21 heavy (non-hydrogen) atoms. The molecule has 0 amide bonds. The fourth-order valence-electron chi connectivity index (χ4n) is 2.42. The first-order valence-corrected chi connectivity index (χ1v) is 8.93. The maximum atomic E-state index is 12.2. The summed E-state index contributed by atoms with van der Waals surface area (Å²) >= 11 is 4.85. The van der Waals surface area contributed by atoms with Crippen LogP contribution in [0, 0.1) is 0 Å². The van der Waals surface area contributed by atoms with Gasteiger partial charge in [0, 0.05) is 18.2 Å². The first-order valence-electron chi connectivity index (χ1n) is 7.04. The third-order valence-corrected chi connectivity index (χ3v) is 5.46. The van der Waals surface area contributed by atoms with Gasteiger partial charge < -0.3 is 5.73 Å². The lowest BCUT2D eigenvalue weighted by Gasteiger charge is -2.23. The maximum Gasteiger partial charge on any atom is 0.240 e. The number of benzene rings is 1. The Kier molecular flexibility index (Phi) is 5.32. The monoisotopic (exact) mass is 327 g/mol. The smallest absolute Gasteiger partial charge is 0.240 e. The highest BCUT2D eigenvalue weighted by molar-refractivity contribution is 7.89. The van der Waals surface area contributed by atoms with Crippen molar-refractivity contribution in [2.24, 2.45) is 5.73 Å². The van der Waals surface area contributed by atoms with Gasteiger partial charge in [-0.1, -0.05) is 24.4 Å². The van der Waals surface area contributed by atoms with Crippen LogP contribution in [0.3, 0.4) is 0 Å². The van der Waals surface area contributed by atoms with Crippen molar-refractivity contribution in [3.05, 3.63) is 29.8 Å². The Hall–Kier alpha value is -1.02. The number of hydrogen-bond donors (Lipinski definition) is 2. The molecule has 0 saturated carbocycles. The number of nitrogens with two attached hydrogens (primary N) is 1. The molecule has 5 nitrogen and oxygen atoms in total. The van der Waals surface area contributed by atoms with E-state index in [1.54, 1.807) is 12.1 Å². The summed E-state index contributed by atoms with van der Waals surface area (Å²) in [6.45, 7) is 4.56. The Morgan fingerprint density at radius 2 is 1.90 bits per heavy atom. The van der Waals surface area contributed by atoms with Crippen molar-refractivity contribution in [3.63, 3.8) is 0 Å². The molecule has 3 N–H and O–H groups in total. The standard InChI is InChI=1S/C14H21N3O2S2/c1-11(17-8-2-3-9-17)10-16-21(18,19)13-6-4-12(5-7-13)14(15)20/h4-7,11,16H,2-3,8-10H2,1H3,(H2,15,20). The number of thiocarbonyl (C=S) groups is 1. The van der Waals surface area contributed by atoms with Crippen LogP contribution in [-0.4, -0.2) is 44.0 Å². The van der Waals surface area contributed by atoms with Crippen molar-refractivity contribution >= 4 is 27.2 Å². The predicted octanol–water partition coefficient (Wildman–Crippen LogP) is 1.08. The SMILES string of the molecule is CC(CNS(=O)(=O)c1ccc(C(N)=S)cc1)N1CCCC1. The third kappa shape index (κ3) is 4.23. The Labute approximate surface area is 131 Å². The average Bonchev–Trinajstić information content (AvgIpc) is 2.99. The molecule has 0 bridgehead atoms. The summed E-state index contributed by atoms with van der Waals surface area (Å²) in [5.41, 5.74) is 6.16. The molecule has 116 valence electrons. The molecular weight excluding hydrogens is 306 g/mol. The molecule has 0 spiro atoms. The van der Waals surface area contributed by atoms with Gasteiger partial charge in [-0.3, -0.25) is 4.90 Å². The van der Waals surface area contributed by atoms with Crippen LogP contribution < -0.4 is 10.5 Å². The molecule has 1 heterocycles. The van der Waals surface area contributed by atoms with E-state index in [0.717, 1.165) is 13.1 Å². The number of rotatable bonds is 6. The minimum Gasteiger partial charge on any atom is -0.389 e. The molecule has 1 aromatic carbocycles. The van der Waals surface area contributed by atoms with Crippen molar-refractivity contribution in [3.8, 4) is 0 Å². The summed E-state index contributed by atoms with van der Waals surface area (Å²) in [5.74, 6) is 0. The molecule has 1 unspecified atom stereocenters. The molecule has 1 aromatic rings. The van der Waals surface area contributed by atoms with Crippen molar-refractivity contribution in [2.45, 2.75) is 30.7 Å². The second kappa shape index (κ2) is 6.83. The van der Waals surface area contributed by atoms with Gasteiger partial charge in [-0.15, -0.1) is 0 Å². The van der Waals surface area contributed by atoms with Crippen LogP contribution in [0.5, 0.6) is 0 Å². The van der Waals surface area contributed by atoms with Crippen LogP contribution in [-0.2, 0) is 10.0 Å². The zero-order valence-electron chi connectivity index (χ0n) is 12.1. The third-order valence-electron chi connectivity index (χ3n) is 3.78. The lowest BCUT2D eigenvalue weighted by molar-refractivity contribution is 0.260. The van der Waals surface area contributed by atoms with Crippen LogP contribution >= 0.6 is 12.2 Å². The van der Waals surface area contributed by atoms with E-state index < -0.39 is 10.0 Å². The summed E-state index contributed by atoms with van der Waals surface area (Å²) < 4.78 is 27.1. The predicted molar refractivity (Wildman–Crippen MR) is 87.8 cm³/mol. The van der Waals surface area contributed by atoms with E-state index in [4.69, 9.17) is 18.0 Å².